The van der Waals surface area contributed by atoms with E-state index in [1.165, 1.54) is 59.4 Å². The van der Waals surface area contributed by atoms with Crippen molar-refractivity contribution in [3.63, 3.8) is 0 Å². The van der Waals surface area contributed by atoms with Crippen molar-refractivity contribution in [2.45, 2.75) is 65.1 Å². The van der Waals surface area contributed by atoms with Crippen molar-refractivity contribution < 1.29 is 41.7 Å². The summed E-state index contributed by atoms with van der Waals surface area (Å²) in [4.78, 5) is 34.6. The maximum Gasteiger partial charge on any atom is 0.427 e. The fourth-order valence-corrected chi connectivity index (χ4v) is 4.01. The fraction of sp³-hybridized carbons (Fsp3) is 0.387. The summed E-state index contributed by atoms with van der Waals surface area (Å²) >= 11 is 5.81. The molecule has 0 radical (unpaired) electrons. The minimum atomic E-state index is -3.29. The molecule has 0 aliphatic heterocycles. The van der Waals surface area contributed by atoms with Crippen molar-refractivity contribution >= 4 is 35.4 Å². The predicted octanol–water partition coefficient (Wildman–Crippen LogP) is 7.74. The Morgan fingerprint density at radius 3 is 2.26 bits per heavy atom. The lowest BCUT2D eigenvalue weighted by Gasteiger charge is -2.26. The number of benzene rings is 1. The number of nitrogens with zero attached hydrogens (tertiary/aromatic N) is 5. The maximum atomic E-state index is 15.5. The number of halogens is 4. The molecule has 0 aliphatic rings. The average molecular weight is 664 g/mol. The van der Waals surface area contributed by atoms with E-state index in [0.29, 0.717) is 15.5 Å². The number of ether oxygens (including phenoxy) is 4. The van der Waals surface area contributed by atoms with Crippen LogP contribution in [0, 0.1) is 5.82 Å². The molecule has 246 valence electrons. The second-order valence-corrected chi connectivity index (χ2v) is 12.5. The SMILES string of the molecule is CC(C)(C)OC(=O)N(C(=O)OC(C)(C)C)c1nc2cc(-c3cccc(OCCC(F)(F)COc4cc(Cl)ccn4)c3F)ccn2n1. The highest BCUT2D eigenvalue weighted by molar-refractivity contribution is 6.30. The summed E-state index contributed by atoms with van der Waals surface area (Å²) in [5.41, 5.74) is -1.30. The van der Waals surface area contributed by atoms with Gasteiger partial charge in [-0.15, -0.1) is 10.00 Å². The summed E-state index contributed by atoms with van der Waals surface area (Å²) in [5, 5.41) is 4.50. The molecule has 0 bridgehead atoms. The zero-order chi connectivity index (χ0) is 33.9. The van der Waals surface area contributed by atoms with E-state index < -0.39 is 54.8 Å². The van der Waals surface area contributed by atoms with Crippen LogP contribution in [-0.2, 0) is 9.47 Å². The third-order valence-electron chi connectivity index (χ3n) is 5.81. The number of amides is 2. The first kappa shape index (κ1) is 34.3. The number of rotatable bonds is 9. The van der Waals surface area contributed by atoms with Crippen LogP contribution in [0.4, 0.5) is 28.7 Å². The number of pyridine rings is 2. The molecule has 0 unspecified atom stereocenters. The molecule has 0 aliphatic carbocycles. The Balaban J connectivity index is 1.51. The van der Waals surface area contributed by atoms with Gasteiger partial charge >= 0.3 is 12.2 Å². The normalized spacial score (nSPS) is 12.1. The molecule has 3 heterocycles. The third kappa shape index (κ3) is 9.22. The van der Waals surface area contributed by atoms with E-state index in [0.717, 1.165) is 0 Å². The van der Waals surface area contributed by atoms with Crippen LogP contribution in [0.25, 0.3) is 16.8 Å². The summed E-state index contributed by atoms with van der Waals surface area (Å²) in [7, 11) is 0. The summed E-state index contributed by atoms with van der Waals surface area (Å²) in [5.74, 6) is -4.70. The van der Waals surface area contributed by atoms with Gasteiger partial charge in [-0.3, -0.25) is 0 Å². The van der Waals surface area contributed by atoms with Crippen molar-refractivity contribution in [2.75, 3.05) is 18.1 Å². The van der Waals surface area contributed by atoms with Gasteiger partial charge in [-0.2, -0.15) is 4.98 Å². The fourth-order valence-electron chi connectivity index (χ4n) is 3.86. The van der Waals surface area contributed by atoms with Gasteiger partial charge in [0.25, 0.3) is 11.9 Å². The maximum absolute atomic E-state index is 15.5. The van der Waals surface area contributed by atoms with Gasteiger partial charge in [-0.25, -0.2) is 32.3 Å². The van der Waals surface area contributed by atoms with Gasteiger partial charge in [-0.05, 0) is 71.4 Å². The predicted molar refractivity (Wildman–Crippen MR) is 163 cm³/mol. The molecule has 4 aromatic rings. The summed E-state index contributed by atoms with van der Waals surface area (Å²) < 4.78 is 66.7. The number of fused-ring (bicyclic) bond motifs is 1. The quantitative estimate of drug-likeness (QED) is 0.177. The largest absolute Gasteiger partial charge is 0.490 e. The van der Waals surface area contributed by atoms with Crippen molar-refractivity contribution in [2.24, 2.45) is 0 Å². The second kappa shape index (κ2) is 13.4. The lowest BCUT2D eigenvalue weighted by molar-refractivity contribution is -0.0565. The van der Waals surface area contributed by atoms with Gasteiger partial charge in [0.05, 0.1) is 6.61 Å². The Kier molecular flexibility index (Phi) is 10.00. The Hall–Kier alpha value is -4.59. The van der Waals surface area contributed by atoms with E-state index in [1.54, 1.807) is 41.5 Å². The van der Waals surface area contributed by atoms with E-state index >= 15 is 4.39 Å². The minimum absolute atomic E-state index is 0.0500. The zero-order valence-corrected chi connectivity index (χ0v) is 26.8. The summed E-state index contributed by atoms with van der Waals surface area (Å²) in [6.07, 6.45) is -0.0698. The van der Waals surface area contributed by atoms with E-state index in [9.17, 15) is 18.4 Å². The number of alkyl halides is 2. The third-order valence-corrected chi connectivity index (χ3v) is 6.04. The van der Waals surface area contributed by atoms with Gasteiger partial charge in [0, 0.05) is 35.5 Å². The molecule has 4 rings (SSSR count). The number of carbonyl (C=O) groups is 2. The molecule has 0 spiro atoms. The van der Waals surface area contributed by atoms with E-state index in [2.05, 4.69) is 15.1 Å². The molecule has 0 saturated carbocycles. The number of hydrogen-bond acceptors (Lipinski definition) is 9. The van der Waals surface area contributed by atoms with Crippen LogP contribution >= 0.6 is 11.6 Å². The number of imide groups is 1. The number of aromatic nitrogens is 4. The summed E-state index contributed by atoms with van der Waals surface area (Å²) in [6.45, 7) is 8.33. The zero-order valence-electron chi connectivity index (χ0n) is 26.0. The standard InChI is InChI=1S/C31H33ClF3N5O6/c1-29(2,3)45-27(41)40(28(42)46-30(4,5)6)26-37-23-16-19(11-14-39(23)38-26)21-8-7-9-22(25(21)33)43-15-12-31(34,35)18-44-24-17-20(32)10-13-36-24/h7-11,13-14,16-17H,12,15,18H2,1-6H3. The van der Waals surface area contributed by atoms with Gasteiger partial charge in [0.15, 0.2) is 23.8 Å². The van der Waals surface area contributed by atoms with Gasteiger partial charge < -0.3 is 18.9 Å². The average Bonchev–Trinajstić information content (AvgIpc) is 3.33. The van der Waals surface area contributed by atoms with Gasteiger partial charge in [0.1, 0.15) is 11.2 Å². The van der Waals surface area contributed by atoms with Crippen LogP contribution in [0.2, 0.25) is 5.02 Å². The number of carbonyl (C=O) groups excluding carboxylic acids is 2. The monoisotopic (exact) mass is 663 g/mol. The molecular formula is C31H33ClF3N5O6. The second-order valence-electron chi connectivity index (χ2n) is 12.1. The molecule has 3 aromatic heterocycles. The van der Waals surface area contributed by atoms with Crippen LogP contribution < -0.4 is 14.4 Å². The summed E-state index contributed by atoms with van der Waals surface area (Å²) in [6, 6.07) is 10.1. The highest BCUT2D eigenvalue weighted by Gasteiger charge is 2.35. The van der Waals surface area contributed by atoms with Crippen molar-refractivity contribution in [3.05, 3.63) is 65.7 Å². The lowest BCUT2D eigenvalue weighted by atomic mass is 10.1. The van der Waals surface area contributed by atoms with Crippen molar-refractivity contribution in [1.82, 2.24) is 19.6 Å². The van der Waals surface area contributed by atoms with Gasteiger partial charge in [-0.1, -0.05) is 23.7 Å². The Bertz CT molecular complexity index is 1690. The number of anilines is 1. The minimum Gasteiger partial charge on any atom is -0.490 e. The van der Waals surface area contributed by atoms with Crippen molar-refractivity contribution in [1.29, 1.82) is 0 Å². The Labute approximate surface area is 268 Å². The number of hydrogen-bond donors (Lipinski definition) is 0. The van der Waals surface area contributed by atoms with E-state index in [4.69, 9.17) is 30.5 Å². The highest BCUT2D eigenvalue weighted by Crippen LogP contribution is 2.31. The first-order chi connectivity index (χ1) is 21.4. The Morgan fingerprint density at radius 1 is 0.957 bits per heavy atom. The molecule has 0 N–H and O–H groups in total. The lowest BCUT2D eigenvalue weighted by Crippen LogP contribution is -2.44. The molecule has 46 heavy (non-hydrogen) atoms. The van der Waals surface area contributed by atoms with Crippen LogP contribution in [0.15, 0.2) is 54.9 Å². The van der Waals surface area contributed by atoms with E-state index in [1.807, 2.05) is 0 Å². The molecule has 11 nitrogen and oxygen atoms in total. The molecular weight excluding hydrogens is 631 g/mol. The van der Waals surface area contributed by atoms with Crippen LogP contribution in [0.5, 0.6) is 11.6 Å². The Morgan fingerprint density at radius 2 is 1.63 bits per heavy atom. The molecule has 0 atom stereocenters. The smallest absolute Gasteiger partial charge is 0.427 e. The molecule has 2 amide bonds. The van der Waals surface area contributed by atoms with Crippen LogP contribution in [0.1, 0.15) is 48.0 Å². The van der Waals surface area contributed by atoms with E-state index in [-0.39, 0.29) is 28.8 Å². The molecule has 1 aromatic carbocycles. The molecule has 0 saturated heterocycles. The molecule has 15 heteroatoms. The van der Waals surface area contributed by atoms with Crippen LogP contribution in [-0.4, -0.2) is 62.1 Å². The topological polar surface area (TPSA) is 117 Å². The van der Waals surface area contributed by atoms with Crippen LogP contribution in [0.3, 0.4) is 0 Å². The first-order valence-corrected chi connectivity index (χ1v) is 14.4. The van der Waals surface area contributed by atoms with Gasteiger partial charge in [0.2, 0.25) is 5.88 Å². The highest BCUT2D eigenvalue weighted by atomic mass is 35.5. The van der Waals surface area contributed by atoms with Crippen molar-refractivity contribution in [3.8, 4) is 22.8 Å². The molecule has 0 fully saturated rings. The first-order valence-electron chi connectivity index (χ1n) is 14.1.